The van der Waals surface area contributed by atoms with E-state index < -0.39 is 0 Å². The minimum atomic E-state index is 0.665. The smallest absolute Gasteiger partial charge is 0.138 e. The molecule has 80 valence electrons. The molecule has 16 heavy (non-hydrogen) atoms. The third-order valence-electron chi connectivity index (χ3n) is 2.16. The molecular formula is C12H8BrNOS. The fourth-order valence-electron chi connectivity index (χ4n) is 1.39. The molecular weight excluding hydrogens is 286 g/mol. The van der Waals surface area contributed by atoms with Gasteiger partial charge in [-0.1, -0.05) is 12.1 Å². The van der Waals surface area contributed by atoms with Gasteiger partial charge in [-0.15, -0.1) is 11.3 Å². The molecule has 4 heteroatoms. The lowest BCUT2D eigenvalue weighted by Crippen LogP contribution is -1.82. The summed E-state index contributed by atoms with van der Waals surface area (Å²) in [6.07, 6.45) is 0. The molecule has 0 aliphatic rings. The van der Waals surface area contributed by atoms with Crippen LogP contribution in [0.4, 0.5) is 0 Å². The number of thiophene rings is 1. The van der Waals surface area contributed by atoms with Crippen LogP contribution < -0.4 is 4.74 Å². The van der Waals surface area contributed by atoms with Crippen molar-refractivity contribution in [3.05, 3.63) is 39.7 Å². The van der Waals surface area contributed by atoms with Crippen molar-refractivity contribution in [3.63, 3.8) is 0 Å². The van der Waals surface area contributed by atoms with Gasteiger partial charge in [0.2, 0.25) is 0 Å². The predicted molar refractivity (Wildman–Crippen MR) is 68.7 cm³/mol. The van der Waals surface area contributed by atoms with E-state index in [0.717, 1.165) is 20.0 Å². The fourth-order valence-corrected chi connectivity index (χ4v) is 2.95. The Hall–Kier alpha value is -1.31. The minimum absolute atomic E-state index is 0.665. The average molecular weight is 294 g/mol. The molecule has 0 fully saturated rings. The molecule has 0 atom stereocenters. The zero-order chi connectivity index (χ0) is 11.5. The summed E-state index contributed by atoms with van der Waals surface area (Å²) in [6, 6.07) is 11.5. The van der Waals surface area contributed by atoms with Gasteiger partial charge < -0.3 is 4.74 Å². The third kappa shape index (κ3) is 2.11. The summed E-state index contributed by atoms with van der Waals surface area (Å²) in [6.45, 7) is 0. The van der Waals surface area contributed by atoms with E-state index >= 15 is 0 Å². The monoisotopic (exact) mass is 293 g/mol. The van der Waals surface area contributed by atoms with Crippen LogP contribution in [-0.2, 0) is 0 Å². The molecule has 2 rings (SSSR count). The van der Waals surface area contributed by atoms with Gasteiger partial charge in [-0.25, -0.2) is 0 Å². The summed E-state index contributed by atoms with van der Waals surface area (Å²) in [5, 5.41) is 8.72. The van der Waals surface area contributed by atoms with Gasteiger partial charge in [0, 0.05) is 6.07 Å². The summed E-state index contributed by atoms with van der Waals surface area (Å²) >= 11 is 5.05. The molecule has 0 radical (unpaired) electrons. The van der Waals surface area contributed by atoms with Crippen molar-refractivity contribution in [2.24, 2.45) is 0 Å². The lowest BCUT2D eigenvalue weighted by molar-refractivity contribution is 0.418. The Balaban J connectivity index is 2.46. The van der Waals surface area contributed by atoms with Gasteiger partial charge >= 0.3 is 0 Å². The van der Waals surface area contributed by atoms with Crippen LogP contribution in [0.2, 0.25) is 0 Å². The van der Waals surface area contributed by atoms with Crippen molar-refractivity contribution in [2.75, 3.05) is 7.11 Å². The molecule has 1 aromatic heterocycles. The second-order valence-corrected chi connectivity index (χ2v) is 5.57. The Morgan fingerprint density at radius 2 is 2.00 bits per heavy atom. The Kier molecular flexibility index (Phi) is 3.28. The molecule has 1 heterocycles. The summed E-state index contributed by atoms with van der Waals surface area (Å²) in [5.41, 5.74) is 1.73. The summed E-state index contributed by atoms with van der Waals surface area (Å²) in [4.78, 5) is 1.07. The maximum absolute atomic E-state index is 8.72. The topological polar surface area (TPSA) is 33.0 Å². The highest BCUT2D eigenvalue weighted by Gasteiger charge is 2.10. The second-order valence-electron chi connectivity index (χ2n) is 3.14. The van der Waals surface area contributed by atoms with Crippen molar-refractivity contribution < 1.29 is 4.74 Å². The highest BCUT2D eigenvalue weighted by Crippen LogP contribution is 2.40. The van der Waals surface area contributed by atoms with Crippen LogP contribution in [0.15, 0.2) is 34.1 Å². The Labute approximate surface area is 106 Å². The number of halogens is 1. The number of rotatable bonds is 2. The maximum Gasteiger partial charge on any atom is 0.138 e. The Bertz CT molecular complexity index is 539. The second kappa shape index (κ2) is 4.69. The van der Waals surface area contributed by atoms with Gasteiger partial charge in [0.25, 0.3) is 0 Å². The predicted octanol–water partition coefficient (Wildman–Crippen LogP) is 4.06. The number of benzene rings is 1. The van der Waals surface area contributed by atoms with Crippen molar-refractivity contribution in [3.8, 4) is 22.3 Å². The Morgan fingerprint density at radius 3 is 2.56 bits per heavy atom. The van der Waals surface area contributed by atoms with Crippen LogP contribution in [0.3, 0.4) is 0 Å². The van der Waals surface area contributed by atoms with Gasteiger partial charge in [-0.05, 0) is 33.6 Å². The van der Waals surface area contributed by atoms with E-state index in [1.54, 1.807) is 18.4 Å². The van der Waals surface area contributed by atoms with E-state index in [1.165, 1.54) is 0 Å². The SMILES string of the molecule is COc1cc(Br)sc1-c1ccc(C#N)cc1. The highest BCUT2D eigenvalue weighted by molar-refractivity contribution is 9.11. The molecule has 0 N–H and O–H groups in total. The molecule has 0 spiro atoms. The molecule has 0 unspecified atom stereocenters. The van der Waals surface area contributed by atoms with Gasteiger partial charge in [0.15, 0.2) is 0 Å². The molecule has 0 aliphatic heterocycles. The molecule has 0 amide bonds. The van der Waals surface area contributed by atoms with Crippen LogP contribution in [0.5, 0.6) is 5.75 Å². The molecule has 0 bridgehead atoms. The van der Waals surface area contributed by atoms with Crippen molar-refractivity contribution in [2.45, 2.75) is 0 Å². The van der Waals surface area contributed by atoms with E-state index in [9.17, 15) is 0 Å². The van der Waals surface area contributed by atoms with Crippen LogP contribution in [-0.4, -0.2) is 7.11 Å². The minimum Gasteiger partial charge on any atom is -0.495 e. The van der Waals surface area contributed by atoms with Gasteiger partial charge in [-0.2, -0.15) is 5.26 Å². The van der Waals surface area contributed by atoms with Gasteiger partial charge in [0.05, 0.1) is 27.4 Å². The number of nitrogens with zero attached hydrogens (tertiary/aromatic N) is 1. The number of methoxy groups -OCH3 is 1. The third-order valence-corrected chi connectivity index (χ3v) is 3.83. The molecule has 2 nitrogen and oxygen atoms in total. The van der Waals surface area contributed by atoms with Crippen LogP contribution in [0, 0.1) is 11.3 Å². The van der Waals surface area contributed by atoms with Crippen molar-refractivity contribution in [1.82, 2.24) is 0 Å². The van der Waals surface area contributed by atoms with E-state index in [0.29, 0.717) is 5.56 Å². The van der Waals surface area contributed by atoms with E-state index in [-0.39, 0.29) is 0 Å². The number of ether oxygens (including phenoxy) is 1. The first kappa shape index (κ1) is 11.2. The standard InChI is InChI=1S/C12H8BrNOS/c1-15-10-6-11(13)16-12(10)9-4-2-8(7-14)3-5-9/h2-6H,1H3. The van der Waals surface area contributed by atoms with Crippen molar-refractivity contribution >= 4 is 27.3 Å². The number of hydrogen-bond donors (Lipinski definition) is 0. The first-order chi connectivity index (χ1) is 7.74. The lowest BCUT2D eigenvalue weighted by Gasteiger charge is -2.01. The molecule has 1 aromatic carbocycles. The first-order valence-electron chi connectivity index (χ1n) is 4.58. The van der Waals surface area contributed by atoms with Crippen LogP contribution in [0.25, 0.3) is 10.4 Å². The Morgan fingerprint density at radius 1 is 1.31 bits per heavy atom. The average Bonchev–Trinajstić information content (AvgIpc) is 2.70. The highest BCUT2D eigenvalue weighted by atomic mass is 79.9. The summed E-state index contributed by atoms with van der Waals surface area (Å²) in [5.74, 6) is 0.849. The quantitative estimate of drug-likeness (QED) is 0.837. The maximum atomic E-state index is 8.72. The van der Waals surface area contributed by atoms with Crippen LogP contribution >= 0.6 is 27.3 Å². The lowest BCUT2D eigenvalue weighted by atomic mass is 10.1. The zero-order valence-electron chi connectivity index (χ0n) is 8.53. The molecule has 0 saturated heterocycles. The summed E-state index contributed by atoms with van der Waals surface area (Å²) < 4.78 is 6.32. The van der Waals surface area contributed by atoms with Gasteiger partial charge in [0.1, 0.15) is 5.75 Å². The largest absolute Gasteiger partial charge is 0.495 e. The molecule has 0 saturated carbocycles. The van der Waals surface area contributed by atoms with Crippen molar-refractivity contribution in [1.29, 1.82) is 5.26 Å². The fraction of sp³-hybridized carbons (Fsp3) is 0.0833. The number of nitriles is 1. The van der Waals surface area contributed by atoms with E-state index in [1.807, 2.05) is 30.3 Å². The molecule has 0 aliphatic carbocycles. The van der Waals surface area contributed by atoms with E-state index in [4.69, 9.17) is 10.00 Å². The first-order valence-corrected chi connectivity index (χ1v) is 6.19. The number of hydrogen-bond acceptors (Lipinski definition) is 3. The van der Waals surface area contributed by atoms with Crippen LogP contribution in [0.1, 0.15) is 5.56 Å². The zero-order valence-corrected chi connectivity index (χ0v) is 10.9. The van der Waals surface area contributed by atoms with Gasteiger partial charge in [-0.3, -0.25) is 0 Å². The molecule has 2 aromatic rings. The van der Waals surface area contributed by atoms with E-state index in [2.05, 4.69) is 22.0 Å². The normalized spacial score (nSPS) is 9.81. The summed E-state index contributed by atoms with van der Waals surface area (Å²) in [7, 11) is 1.65.